The lowest BCUT2D eigenvalue weighted by molar-refractivity contribution is 0.102. The van der Waals surface area contributed by atoms with Gasteiger partial charge in [0.1, 0.15) is 12.1 Å². The van der Waals surface area contributed by atoms with Crippen molar-refractivity contribution in [1.82, 2.24) is 20.2 Å². The highest BCUT2D eigenvalue weighted by molar-refractivity contribution is 6.08. The Morgan fingerprint density at radius 1 is 1.18 bits per heavy atom. The van der Waals surface area contributed by atoms with Crippen molar-refractivity contribution < 1.29 is 14.3 Å². The summed E-state index contributed by atoms with van der Waals surface area (Å²) in [5.74, 6) is 0.391. The second-order valence-electron chi connectivity index (χ2n) is 6.24. The Balaban J connectivity index is 1.61. The van der Waals surface area contributed by atoms with Crippen molar-refractivity contribution in [2.45, 2.75) is 0 Å². The molecule has 0 atom stereocenters. The molecule has 0 bridgehead atoms. The number of amides is 1. The zero-order chi connectivity index (χ0) is 19.3. The van der Waals surface area contributed by atoms with Gasteiger partial charge in [-0.25, -0.2) is 4.68 Å². The Kier molecular flexibility index (Phi) is 5.16. The summed E-state index contributed by atoms with van der Waals surface area (Å²) in [4.78, 5) is 15.2. The molecule has 0 spiro atoms. The standard InChI is InChI=1S/C19H20N6O3/c1-27-16-11-14(10-15(12-16)25-13-20-22-23-25)21-19(26)17-4-2-3-5-18(17)24-6-8-28-9-7-24/h2-5,10-13H,6-9H2,1H3,(H,21,26). The second-order valence-corrected chi connectivity index (χ2v) is 6.24. The maximum absolute atomic E-state index is 13.0. The number of aromatic nitrogens is 4. The number of hydrogen-bond donors (Lipinski definition) is 1. The number of tetrazole rings is 1. The highest BCUT2D eigenvalue weighted by Crippen LogP contribution is 2.26. The fraction of sp³-hybridized carbons (Fsp3) is 0.263. The smallest absolute Gasteiger partial charge is 0.257 e. The third-order valence-electron chi connectivity index (χ3n) is 4.50. The molecule has 1 saturated heterocycles. The monoisotopic (exact) mass is 380 g/mol. The molecule has 0 aliphatic carbocycles. The first-order valence-electron chi connectivity index (χ1n) is 8.90. The van der Waals surface area contributed by atoms with Gasteiger partial charge < -0.3 is 19.7 Å². The highest BCUT2D eigenvalue weighted by Gasteiger charge is 2.19. The lowest BCUT2D eigenvalue weighted by Gasteiger charge is -2.30. The van der Waals surface area contributed by atoms with Crippen LogP contribution in [0.25, 0.3) is 5.69 Å². The molecule has 1 aliphatic heterocycles. The van der Waals surface area contributed by atoms with Crippen LogP contribution in [0.3, 0.4) is 0 Å². The molecule has 0 unspecified atom stereocenters. The van der Waals surface area contributed by atoms with Crippen molar-refractivity contribution in [3.05, 3.63) is 54.4 Å². The van der Waals surface area contributed by atoms with Gasteiger partial charge in [-0.3, -0.25) is 4.79 Å². The average Bonchev–Trinajstić information content (AvgIpc) is 3.29. The van der Waals surface area contributed by atoms with Gasteiger partial charge >= 0.3 is 0 Å². The Morgan fingerprint density at radius 2 is 2.00 bits per heavy atom. The Bertz CT molecular complexity index is 954. The summed E-state index contributed by atoms with van der Waals surface area (Å²) in [5, 5.41) is 14.1. The minimum absolute atomic E-state index is 0.196. The molecule has 2 aromatic carbocycles. The van der Waals surface area contributed by atoms with Crippen LogP contribution in [-0.4, -0.2) is 59.5 Å². The van der Waals surface area contributed by atoms with Crippen LogP contribution >= 0.6 is 0 Å². The first-order chi connectivity index (χ1) is 13.7. The van der Waals surface area contributed by atoms with E-state index in [1.807, 2.05) is 24.3 Å². The van der Waals surface area contributed by atoms with E-state index in [-0.39, 0.29) is 5.91 Å². The van der Waals surface area contributed by atoms with Gasteiger partial charge in [-0.15, -0.1) is 5.10 Å². The Hall–Kier alpha value is -3.46. The zero-order valence-electron chi connectivity index (χ0n) is 15.4. The predicted octanol–water partition coefficient (Wildman–Crippen LogP) is 1.76. The molecule has 9 nitrogen and oxygen atoms in total. The number of ether oxygens (including phenoxy) is 2. The van der Waals surface area contributed by atoms with Crippen molar-refractivity contribution in [3.63, 3.8) is 0 Å². The van der Waals surface area contributed by atoms with Crippen LogP contribution in [0.5, 0.6) is 5.75 Å². The van der Waals surface area contributed by atoms with E-state index < -0.39 is 0 Å². The van der Waals surface area contributed by atoms with Crippen LogP contribution < -0.4 is 15.0 Å². The quantitative estimate of drug-likeness (QED) is 0.721. The van der Waals surface area contributed by atoms with Gasteiger partial charge in [-0.05, 0) is 28.6 Å². The minimum Gasteiger partial charge on any atom is -0.497 e. The van der Waals surface area contributed by atoms with E-state index in [9.17, 15) is 4.79 Å². The average molecular weight is 380 g/mol. The van der Waals surface area contributed by atoms with Crippen molar-refractivity contribution in [2.24, 2.45) is 0 Å². The van der Waals surface area contributed by atoms with Crippen LogP contribution in [0.4, 0.5) is 11.4 Å². The van der Waals surface area contributed by atoms with Gasteiger partial charge in [-0.2, -0.15) is 0 Å². The topological polar surface area (TPSA) is 94.4 Å². The molecule has 4 rings (SSSR count). The maximum atomic E-state index is 13.0. The molecule has 1 amide bonds. The van der Waals surface area contributed by atoms with Gasteiger partial charge in [0.15, 0.2) is 0 Å². The van der Waals surface area contributed by atoms with Crippen LogP contribution in [0.2, 0.25) is 0 Å². The first-order valence-corrected chi connectivity index (χ1v) is 8.90. The summed E-state index contributed by atoms with van der Waals surface area (Å²) in [6, 6.07) is 12.9. The Labute approximate surface area is 161 Å². The summed E-state index contributed by atoms with van der Waals surface area (Å²) in [7, 11) is 1.57. The number of carbonyl (C=O) groups is 1. The van der Waals surface area contributed by atoms with E-state index in [2.05, 4.69) is 25.7 Å². The number of rotatable bonds is 5. The van der Waals surface area contributed by atoms with Crippen LogP contribution in [0.15, 0.2) is 48.8 Å². The fourth-order valence-electron chi connectivity index (χ4n) is 3.13. The number of nitrogens with one attached hydrogen (secondary N) is 1. The number of morpholine rings is 1. The summed E-state index contributed by atoms with van der Waals surface area (Å²) >= 11 is 0. The highest BCUT2D eigenvalue weighted by atomic mass is 16.5. The van der Waals surface area contributed by atoms with Crippen molar-refractivity contribution in [1.29, 1.82) is 0 Å². The summed E-state index contributed by atoms with van der Waals surface area (Å²) < 4.78 is 12.3. The molecular formula is C19H20N6O3. The number of nitrogens with zero attached hydrogens (tertiary/aromatic N) is 5. The van der Waals surface area contributed by atoms with E-state index in [0.717, 1.165) is 18.8 Å². The summed E-state index contributed by atoms with van der Waals surface area (Å²) in [6.07, 6.45) is 1.48. The zero-order valence-corrected chi connectivity index (χ0v) is 15.4. The van der Waals surface area contributed by atoms with Crippen molar-refractivity contribution in [2.75, 3.05) is 43.6 Å². The molecule has 1 N–H and O–H groups in total. The molecule has 1 aliphatic rings. The predicted molar refractivity (Wildman–Crippen MR) is 103 cm³/mol. The number of methoxy groups -OCH3 is 1. The van der Waals surface area contributed by atoms with Crippen LogP contribution in [0, 0.1) is 0 Å². The number of carbonyl (C=O) groups excluding carboxylic acids is 1. The molecular weight excluding hydrogens is 360 g/mol. The molecule has 3 aromatic rings. The third kappa shape index (κ3) is 3.79. The summed E-state index contributed by atoms with van der Waals surface area (Å²) in [6.45, 7) is 2.82. The lowest BCUT2D eigenvalue weighted by atomic mass is 10.1. The van der Waals surface area contributed by atoms with Gasteiger partial charge in [0, 0.05) is 36.6 Å². The molecule has 144 valence electrons. The van der Waals surface area contributed by atoms with Gasteiger partial charge in [-0.1, -0.05) is 12.1 Å². The number of para-hydroxylation sites is 1. The molecule has 1 fully saturated rings. The van der Waals surface area contributed by atoms with E-state index in [1.165, 1.54) is 11.0 Å². The number of anilines is 2. The van der Waals surface area contributed by atoms with Gasteiger partial charge in [0.2, 0.25) is 0 Å². The molecule has 0 radical (unpaired) electrons. The fourth-order valence-corrected chi connectivity index (χ4v) is 3.13. The minimum atomic E-state index is -0.196. The molecule has 0 saturated carbocycles. The van der Waals surface area contributed by atoms with Crippen LogP contribution in [0.1, 0.15) is 10.4 Å². The van der Waals surface area contributed by atoms with E-state index >= 15 is 0 Å². The molecule has 9 heteroatoms. The van der Waals surface area contributed by atoms with E-state index in [1.54, 1.807) is 25.3 Å². The van der Waals surface area contributed by atoms with E-state index in [4.69, 9.17) is 9.47 Å². The molecule has 2 heterocycles. The lowest BCUT2D eigenvalue weighted by Crippen LogP contribution is -2.37. The third-order valence-corrected chi connectivity index (χ3v) is 4.50. The molecule has 1 aromatic heterocycles. The van der Waals surface area contributed by atoms with Crippen molar-refractivity contribution in [3.8, 4) is 11.4 Å². The van der Waals surface area contributed by atoms with Crippen LogP contribution in [-0.2, 0) is 4.74 Å². The first kappa shape index (κ1) is 17.9. The Morgan fingerprint density at radius 3 is 2.75 bits per heavy atom. The molecule has 28 heavy (non-hydrogen) atoms. The van der Waals surface area contributed by atoms with Gasteiger partial charge in [0.05, 0.1) is 31.6 Å². The SMILES string of the molecule is COc1cc(NC(=O)c2ccccc2N2CCOCC2)cc(-n2cnnn2)c1. The van der Waals surface area contributed by atoms with Crippen molar-refractivity contribution >= 4 is 17.3 Å². The summed E-state index contributed by atoms with van der Waals surface area (Å²) in [5.41, 5.74) is 2.77. The largest absolute Gasteiger partial charge is 0.497 e. The normalized spacial score (nSPS) is 14.0. The second kappa shape index (κ2) is 8.05. The number of benzene rings is 2. The van der Waals surface area contributed by atoms with E-state index in [0.29, 0.717) is 35.9 Å². The van der Waals surface area contributed by atoms with Gasteiger partial charge in [0.25, 0.3) is 5.91 Å². The number of hydrogen-bond acceptors (Lipinski definition) is 7. The maximum Gasteiger partial charge on any atom is 0.257 e.